The highest BCUT2D eigenvalue weighted by molar-refractivity contribution is 5.87. The highest BCUT2D eigenvalue weighted by atomic mass is 16.5. The Labute approximate surface area is 82.1 Å². The topological polar surface area (TPSA) is 77.5 Å². The number of carbonyl (C=O) groups is 1. The van der Waals surface area contributed by atoms with Crippen LogP contribution in [0.2, 0.25) is 0 Å². The molecule has 0 bridgehead atoms. The van der Waals surface area contributed by atoms with Crippen molar-refractivity contribution >= 4 is 5.97 Å². The molecule has 5 nitrogen and oxygen atoms in total. The van der Waals surface area contributed by atoms with Crippen LogP contribution >= 0.6 is 0 Å². The molecule has 1 rings (SSSR count). The molecule has 5 heteroatoms. The molecule has 0 aliphatic carbocycles. The van der Waals surface area contributed by atoms with Crippen LogP contribution in [0, 0.1) is 0 Å². The van der Waals surface area contributed by atoms with E-state index in [1.165, 1.54) is 7.11 Å². The maximum atomic E-state index is 11.2. The second-order valence-electron chi connectivity index (χ2n) is 2.98. The van der Waals surface area contributed by atoms with Crippen molar-refractivity contribution in [2.24, 2.45) is 12.8 Å². The average Bonchev–Trinajstić information content (AvgIpc) is 2.58. The third-order valence-electron chi connectivity index (χ3n) is 2.13. The van der Waals surface area contributed by atoms with Crippen molar-refractivity contribution in [2.75, 3.05) is 13.7 Å². The fourth-order valence-corrected chi connectivity index (χ4v) is 1.30. The van der Waals surface area contributed by atoms with E-state index in [0.717, 1.165) is 0 Å². The zero-order chi connectivity index (χ0) is 10.7. The second kappa shape index (κ2) is 4.26. The van der Waals surface area contributed by atoms with Gasteiger partial charge in [0.25, 0.3) is 0 Å². The molecule has 1 heterocycles. The summed E-state index contributed by atoms with van der Waals surface area (Å²) < 4.78 is 6.20. The van der Waals surface area contributed by atoms with Gasteiger partial charge in [0.15, 0.2) is 0 Å². The molecule has 1 aromatic heterocycles. The lowest BCUT2D eigenvalue weighted by Crippen LogP contribution is -2.19. The van der Waals surface area contributed by atoms with Crippen LogP contribution in [0.3, 0.4) is 0 Å². The molecule has 0 aliphatic heterocycles. The first-order valence-corrected chi connectivity index (χ1v) is 4.22. The van der Waals surface area contributed by atoms with Crippen LogP contribution in [-0.4, -0.2) is 29.4 Å². The molecule has 0 radical (unpaired) electrons. The van der Waals surface area contributed by atoms with Crippen molar-refractivity contribution in [3.05, 3.63) is 23.5 Å². The molecule has 1 aromatic rings. The first-order chi connectivity index (χ1) is 6.61. The number of esters is 1. The summed E-state index contributed by atoms with van der Waals surface area (Å²) in [6.45, 7) is -0.154. The van der Waals surface area contributed by atoms with E-state index in [1.54, 1.807) is 23.7 Å². The summed E-state index contributed by atoms with van der Waals surface area (Å²) in [5, 5.41) is 8.86. The lowest BCUT2D eigenvalue weighted by atomic mass is 10.2. The third kappa shape index (κ3) is 1.78. The summed E-state index contributed by atoms with van der Waals surface area (Å²) in [7, 11) is 3.03. The minimum absolute atomic E-state index is 0.154. The smallest absolute Gasteiger partial charge is 0.354 e. The first kappa shape index (κ1) is 10.7. The summed E-state index contributed by atoms with van der Waals surface area (Å²) in [5.41, 5.74) is 6.75. The van der Waals surface area contributed by atoms with Crippen LogP contribution in [0.5, 0.6) is 0 Å². The molecule has 14 heavy (non-hydrogen) atoms. The fourth-order valence-electron chi connectivity index (χ4n) is 1.30. The van der Waals surface area contributed by atoms with E-state index in [4.69, 9.17) is 10.8 Å². The van der Waals surface area contributed by atoms with Gasteiger partial charge in [-0.15, -0.1) is 0 Å². The van der Waals surface area contributed by atoms with E-state index in [0.29, 0.717) is 11.4 Å². The van der Waals surface area contributed by atoms with Gasteiger partial charge in [-0.1, -0.05) is 0 Å². The van der Waals surface area contributed by atoms with E-state index < -0.39 is 12.0 Å². The largest absolute Gasteiger partial charge is 0.464 e. The lowest BCUT2D eigenvalue weighted by Gasteiger charge is -2.10. The van der Waals surface area contributed by atoms with Gasteiger partial charge in [-0.05, 0) is 12.1 Å². The van der Waals surface area contributed by atoms with Gasteiger partial charge in [-0.2, -0.15) is 0 Å². The van der Waals surface area contributed by atoms with Crippen LogP contribution in [0.15, 0.2) is 12.1 Å². The summed E-state index contributed by atoms with van der Waals surface area (Å²) in [4.78, 5) is 11.2. The minimum Gasteiger partial charge on any atom is -0.464 e. The maximum absolute atomic E-state index is 11.2. The molecular weight excluding hydrogens is 184 g/mol. The van der Waals surface area contributed by atoms with E-state index in [9.17, 15) is 4.79 Å². The Morgan fingerprint density at radius 1 is 1.71 bits per heavy atom. The van der Waals surface area contributed by atoms with E-state index in [-0.39, 0.29) is 6.61 Å². The zero-order valence-corrected chi connectivity index (χ0v) is 8.23. The van der Waals surface area contributed by atoms with Gasteiger partial charge in [0.2, 0.25) is 0 Å². The number of methoxy groups -OCH3 is 1. The number of carbonyl (C=O) groups excluding carboxylic acids is 1. The highest BCUT2D eigenvalue weighted by Gasteiger charge is 2.15. The number of hydrogen-bond acceptors (Lipinski definition) is 4. The standard InChI is InChI=1S/C9H14N2O3/c1-11-7(6(10)5-12)3-4-8(11)9(13)14-2/h3-4,6,12H,5,10H2,1-2H3. The molecule has 0 saturated heterocycles. The molecule has 0 spiro atoms. The van der Waals surface area contributed by atoms with Gasteiger partial charge in [0.05, 0.1) is 19.8 Å². The average molecular weight is 198 g/mol. The monoisotopic (exact) mass is 198 g/mol. The fraction of sp³-hybridized carbons (Fsp3) is 0.444. The summed E-state index contributed by atoms with van der Waals surface area (Å²) in [5.74, 6) is -0.413. The minimum atomic E-state index is -0.474. The Bertz CT molecular complexity index is 333. The number of ether oxygens (including phenoxy) is 1. The zero-order valence-electron chi connectivity index (χ0n) is 8.23. The highest BCUT2D eigenvalue weighted by Crippen LogP contribution is 2.14. The number of aromatic nitrogens is 1. The van der Waals surface area contributed by atoms with Gasteiger partial charge >= 0.3 is 5.97 Å². The third-order valence-corrected chi connectivity index (χ3v) is 2.13. The van der Waals surface area contributed by atoms with E-state index in [2.05, 4.69) is 4.74 Å². The van der Waals surface area contributed by atoms with Crippen molar-refractivity contribution in [3.63, 3.8) is 0 Å². The second-order valence-corrected chi connectivity index (χ2v) is 2.98. The molecule has 0 fully saturated rings. The number of nitrogens with zero attached hydrogens (tertiary/aromatic N) is 1. The van der Waals surface area contributed by atoms with Gasteiger partial charge in [-0.25, -0.2) is 4.79 Å². The Balaban J connectivity index is 3.02. The van der Waals surface area contributed by atoms with Gasteiger partial charge < -0.3 is 20.1 Å². The molecule has 0 aromatic carbocycles. The maximum Gasteiger partial charge on any atom is 0.354 e. The van der Waals surface area contributed by atoms with Gasteiger partial charge in [0, 0.05) is 12.7 Å². The summed E-state index contributed by atoms with van der Waals surface area (Å²) >= 11 is 0. The number of aliphatic hydroxyl groups excluding tert-OH is 1. The number of hydrogen-bond donors (Lipinski definition) is 2. The first-order valence-electron chi connectivity index (χ1n) is 4.22. The van der Waals surface area contributed by atoms with Gasteiger partial charge in [-0.3, -0.25) is 0 Å². The molecule has 1 unspecified atom stereocenters. The number of nitrogens with two attached hydrogens (primary N) is 1. The van der Waals surface area contributed by atoms with E-state index in [1.807, 2.05) is 0 Å². The predicted molar refractivity (Wildman–Crippen MR) is 50.8 cm³/mol. The number of aliphatic hydroxyl groups is 1. The molecule has 0 saturated carbocycles. The van der Waals surface area contributed by atoms with Crippen LogP contribution in [0.4, 0.5) is 0 Å². The van der Waals surface area contributed by atoms with Crippen molar-refractivity contribution in [1.29, 1.82) is 0 Å². The Kier molecular flexibility index (Phi) is 3.27. The Morgan fingerprint density at radius 3 is 2.86 bits per heavy atom. The van der Waals surface area contributed by atoms with Crippen LogP contribution < -0.4 is 5.73 Å². The Morgan fingerprint density at radius 2 is 2.36 bits per heavy atom. The van der Waals surface area contributed by atoms with Crippen LogP contribution in [0.1, 0.15) is 22.2 Å². The summed E-state index contributed by atoms with van der Waals surface area (Å²) in [6.07, 6.45) is 0. The van der Waals surface area contributed by atoms with Gasteiger partial charge in [0.1, 0.15) is 5.69 Å². The SMILES string of the molecule is COC(=O)c1ccc(C(N)CO)n1C. The normalized spacial score (nSPS) is 12.6. The lowest BCUT2D eigenvalue weighted by molar-refractivity contribution is 0.0589. The van der Waals surface area contributed by atoms with Crippen molar-refractivity contribution in [2.45, 2.75) is 6.04 Å². The molecule has 0 amide bonds. The Hall–Kier alpha value is -1.33. The summed E-state index contributed by atoms with van der Waals surface area (Å²) in [6, 6.07) is 2.85. The molecule has 1 atom stereocenters. The molecular formula is C9H14N2O3. The molecule has 3 N–H and O–H groups in total. The van der Waals surface area contributed by atoms with E-state index >= 15 is 0 Å². The van der Waals surface area contributed by atoms with Crippen molar-refractivity contribution in [1.82, 2.24) is 4.57 Å². The quantitative estimate of drug-likeness (QED) is 0.659. The molecule has 78 valence electrons. The van der Waals surface area contributed by atoms with Crippen LogP contribution in [-0.2, 0) is 11.8 Å². The molecule has 0 aliphatic rings. The van der Waals surface area contributed by atoms with Crippen molar-refractivity contribution in [3.8, 4) is 0 Å². The van der Waals surface area contributed by atoms with Crippen molar-refractivity contribution < 1.29 is 14.6 Å². The number of rotatable bonds is 3. The predicted octanol–water partition coefficient (Wildman–Crippen LogP) is -0.196. The van der Waals surface area contributed by atoms with Crippen LogP contribution in [0.25, 0.3) is 0 Å².